The van der Waals surface area contributed by atoms with Gasteiger partial charge in [-0.3, -0.25) is 14.1 Å². The van der Waals surface area contributed by atoms with Crippen LogP contribution in [0.3, 0.4) is 0 Å². The van der Waals surface area contributed by atoms with Crippen molar-refractivity contribution in [2.75, 3.05) is 39.6 Å². The number of aromatic nitrogens is 4. The Bertz CT molecular complexity index is 1040. The van der Waals surface area contributed by atoms with Crippen molar-refractivity contribution < 1.29 is 9.53 Å². The van der Waals surface area contributed by atoms with Crippen molar-refractivity contribution in [2.24, 2.45) is 5.92 Å². The maximum absolute atomic E-state index is 12.4. The van der Waals surface area contributed by atoms with Gasteiger partial charge in [0.05, 0.1) is 24.2 Å². The lowest BCUT2D eigenvalue weighted by Gasteiger charge is -2.26. The third-order valence-electron chi connectivity index (χ3n) is 5.34. The number of unbranched alkanes of at least 4 members (excludes halogenated alkanes) is 1. The van der Waals surface area contributed by atoms with E-state index in [2.05, 4.69) is 34.7 Å². The predicted octanol–water partition coefficient (Wildman–Crippen LogP) is 2.49. The molecule has 168 valence electrons. The minimum atomic E-state index is -0.110. The van der Waals surface area contributed by atoms with Gasteiger partial charge in [0.25, 0.3) is 0 Å². The van der Waals surface area contributed by atoms with E-state index in [0.29, 0.717) is 18.0 Å². The molecular weight excluding hydrogens is 394 g/mol. The first kappa shape index (κ1) is 22.7. The van der Waals surface area contributed by atoms with Gasteiger partial charge in [0.15, 0.2) is 5.82 Å². The summed E-state index contributed by atoms with van der Waals surface area (Å²) in [6.07, 6.45) is 1.77. The first-order chi connectivity index (χ1) is 14.8. The molecule has 0 saturated heterocycles. The number of hydrogen-bond acceptors (Lipinski definition) is 7. The van der Waals surface area contributed by atoms with E-state index in [-0.39, 0.29) is 17.9 Å². The molecule has 0 saturated carbocycles. The Balaban J connectivity index is 1.60. The van der Waals surface area contributed by atoms with E-state index in [9.17, 15) is 4.79 Å². The van der Waals surface area contributed by atoms with Crippen LogP contribution >= 0.6 is 0 Å². The Labute approximate surface area is 183 Å². The molecule has 3 aromatic rings. The highest BCUT2D eigenvalue weighted by molar-refractivity contribution is 5.84. The fraction of sp³-hybridized carbons (Fsp3) is 0.545. The molecule has 0 aliphatic rings. The Morgan fingerprint density at radius 1 is 1.19 bits per heavy atom. The van der Waals surface area contributed by atoms with Gasteiger partial charge in [0, 0.05) is 19.2 Å². The fourth-order valence-electron chi connectivity index (χ4n) is 3.91. The third-order valence-corrected chi connectivity index (χ3v) is 5.34. The average molecular weight is 428 g/mol. The lowest BCUT2D eigenvalue weighted by Crippen LogP contribution is -2.46. The van der Waals surface area contributed by atoms with E-state index in [4.69, 9.17) is 9.72 Å². The molecule has 0 aliphatic heterocycles. The molecule has 1 atom stereocenters. The SMILES string of the molecule is COc1ccc2c(c1)nc(NCCCCNC(=O)[C@H](C(C)C)N(C)C)c1nnc(C)n12. The summed E-state index contributed by atoms with van der Waals surface area (Å²) in [6.45, 7) is 7.43. The number of benzene rings is 1. The molecule has 0 fully saturated rings. The average Bonchev–Trinajstić information content (AvgIpc) is 3.11. The Kier molecular flexibility index (Phi) is 7.27. The summed E-state index contributed by atoms with van der Waals surface area (Å²) >= 11 is 0. The Hall–Kier alpha value is -2.94. The van der Waals surface area contributed by atoms with Crippen LogP contribution in [0.2, 0.25) is 0 Å². The summed E-state index contributed by atoms with van der Waals surface area (Å²) in [4.78, 5) is 19.1. The molecular formula is C22H33N7O2. The van der Waals surface area contributed by atoms with Gasteiger partial charge in [-0.2, -0.15) is 0 Å². The van der Waals surface area contributed by atoms with Gasteiger partial charge >= 0.3 is 0 Å². The summed E-state index contributed by atoms with van der Waals surface area (Å²) in [7, 11) is 5.52. The number of nitrogens with one attached hydrogen (secondary N) is 2. The summed E-state index contributed by atoms with van der Waals surface area (Å²) in [5, 5.41) is 14.9. The molecule has 0 radical (unpaired) electrons. The van der Waals surface area contributed by atoms with Gasteiger partial charge in [-0.1, -0.05) is 13.8 Å². The minimum Gasteiger partial charge on any atom is -0.497 e. The number of rotatable bonds is 10. The summed E-state index contributed by atoms with van der Waals surface area (Å²) < 4.78 is 7.34. The third kappa shape index (κ3) is 5.04. The molecule has 31 heavy (non-hydrogen) atoms. The maximum atomic E-state index is 12.4. The number of likely N-dealkylation sites (N-methyl/N-ethyl adjacent to an activating group) is 1. The maximum Gasteiger partial charge on any atom is 0.237 e. The van der Waals surface area contributed by atoms with E-state index < -0.39 is 0 Å². The molecule has 9 nitrogen and oxygen atoms in total. The number of amides is 1. The summed E-state index contributed by atoms with van der Waals surface area (Å²) in [6, 6.07) is 5.67. The molecule has 0 bridgehead atoms. The Morgan fingerprint density at radius 3 is 2.61 bits per heavy atom. The highest BCUT2D eigenvalue weighted by Crippen LogP contribution is 2.25. The predicted molar refractivity (Wildman–Crippen MR) is 123 cm³/mol. The van der Waals surface area contributed by atoms with Gasteiger partial charge in [0.2, 0.25) is 11.6 Å². The van der Waals surface area contributed by atoms with E-state index in [1.54, 1.807) is 7.11 Å². The van der Waals surface area contributed by atoms with Crippen molar-refractivity contribution >= 4 is 28.4 Å². The molecule has 1 aromatic carbocycles. The monoisotopic (exact) mass is 427 g/mol. The van der Waals surface area contributed by atoms with E-state index in [1.165, 1.54) is 0 Å². The summed E-state index contributed by atoms with van der Waals surface area (Å²) in [5.74, 6) is 2.60. The van der Waals surface area contributed by atoms with Crippen LogP contribution in [-0.2, 0) is 4.79 Å². The number of aryl methyl sites for hydroxylation is 1. The Morgan fingerprint density at radius 2 is 1.94 bits per heavy atom. The lowest BCUT2D eigenvalue weighted by molar-refractivity contribution is -0.126. The molecule has 0 spiro atoms. The topological polar surface area (TPSA) is 96.7 Å². The van der Waals surface area contributed by atoms with E-state index in [0.717, 1.165) is 42.0 Å². The van der Waals surface area contributed by atoms with Crippen LogP contribution in [0.15, 0.2) is 18.2 Å². The van der Waals surface area contributed by atoms with Crippen LogP contribution in [0.1, 0.15) is 32.5 Å². The fourth-order valence-corrected chi connectivity index (χ4v) is 3.91. The number of anilines is 1. The second-order valence-corrected chi connectivity index (χ2v) is 8.30. The van der Waals surface area contributed by atoms with Gasteiger partial charge in [-0.05, 0) is 51.9 Å². The van der Waals surface area contributed by atoms with Crippen molar-refractivity contribution in [1.82, 2.24) is 29.8 Å². The van der Waals surface area contributed by atoms with Gasteiger partial charge in [-0.25, -0.2) is 4.98 Å². The van der Waals surface area contributed by atoms with E-state index >= 15 is 0 Å². The van der Waals surface area contributed by atoms with Crippen molar-refractivity contribution in [2.45, 2.75) is 39.7 Å². The van der Waals surface area contributed by atoms with Crippen molar-refractivity contribution in [3.05, 3.63) is 24.0 Å². The largest absolute Gasteiger partial charge is 0.497 e. The molecule has 9 heteroatoms. The van der Waals surface area contributed by atoms with Crippen LogP contribution in [0.25, 0.3) is 16.7 Å². The van der Waals surface area contributed by atoms with Crippen molar-refractivity contribution in [3.63, 3.8) is 0 Å². The smallest absolute Gasteiger partial charge is 0.237 e. The van der Waals surface area contributed by atoms with Crippen molar-refractivity contribution in [1.29, 1.82) is 0 Å². The second kappa shape index (κ2) is 9.91. The standard InChI is InChI=1S/C22H33N7O2/c1-14(2)19(28(4)5)22(30)24-12-8-7-11-23-20-21-27-26-15(3)29(21)18-10-9-16(31-6)13-17(18)25-20/h9-10,13-14,19H,7-8,11-12H2,1-6H3,(H,23,25)(H,24,30)/t19-/m0/s1. The minimum absolute atomic E-state index is 0.0822. The van der Waals surface area contributed by atoms with Crippen LogP contribution in [-0.4, -0.2) is 70.7 Å². The molecule has 3 rings (SSSR count). The number of hydrogen-bond donors (Lipinski definition) is 2. The zero-order valence-corrected chi connectivity index (χ0v) is 19.3. The van der Waals surface area contributed by atoms with Crippen LogP contribution in [0.4, 0.5) is 5.82 Å². The van der Waals surface area contributed by atoms with Crippen molar-refractivity contribution in [3.8, 4) is 5.75 Å². The number of fused-ring (bicyclic) bond motifs is 3. The molecule has 2 heterocycles. The van der Waals surface area contributed by atoms with Crippen LogP contribution in [0.5, 0.6) is 5.75 Å². The van der Waals surface area contributed by atoms with Crippen LogP contribution < -0.4 is 15.4 Å². The van der Waals surface area contributed by atoms with Gasteiger partial charge in [0.1, 0.15) is 11.6 Å². The van der Waals surface area contributed by atoms with Gasteiger partial charge in [-0.15, -0.1) is 10.2 Å². The normalized spacial score (nSPS) is 12.6. The molecule has 0 unspecified atom stereocenters. The number of carbonyl (C=O) groups excluding carboxylic acids is 1. The van der Waals surface area contributed by atoms with Crippen LogP contribution in [0, 0.1) is 12.8 Å². The quantitative estimate of drug-likeness (QED) is 0.480. The number of methoxy groups -OCH3 is 1. The molecule has 1 amide bonds. The zero-order valence-electron chi connectivity index (χ0n) is 19.3. The number of nitrogens with zero attached hydrogens (tertiary/aromatic N) is 5. The van der Waals surface area contributed by atoms with E-state index in [1.807, 2.05) is 48.5 Å². The molecule has 2 aromatic heterocycles. The first-order valence-electron chi connectivity index (χ1n) is 10.7. The highest BCUT2D eigenvalue weighted by Gasteiger charge is 2.23. The summed E-state index contributed by atoms with van der Waals surface area (Å²) in [5.41, 5.74) is 2.45. The second-order valence-electron chi connectivity index (χ2n) is 8.30. The first-order valence-corrected chi connectivity index (χ1v) is 10.7. The number of carbonyl (C=O) groups is 1. The zero-order chi connectivity index (χ0) is 22.5. The highest BCUT2D eigenvalue weighted by atomic mass is 16.5. The molecule has 2 N–H and O–H groups in total. The number of ether oxygens (including phenoxy) is 1. The lowest BCUT2D eigenvalue weighted by atomic mass is 10.0. The molecule has 0 aliphatic carbocycles. The van der Waals surface area contributed by atoms with Gasteiger partial charge < -0.3 is 15.4 Å².